The largest absolute Gasteiger partial charge is 0.494 e. The fraction of sp³-hybridized carbons (Fsp3) is 0.259. The van der Waals surface area contributed by atoms with Crippen molar-refractivity contribution in [2.45, 2.75) is 38.5 Å². The minimum Gasteiger partial charge on any atom is -0.494 e. The normalized spacial score (nSPS) is 12.6. The van der Waals surface area contributed by atoms with Crippen molar-refractivity contribution in [3.05, 3.63) is 88.7 Å². The average molecular weight is 436 g/mol. The highest BCUT2D eigenvalue weighted by Gasteiger charge is 2.23. The Morgan fingerprint density at radius 3 is 2.42 bits per heavy atom. The fourth-order valence-corrected chi connectivity index (χ4v) is 3.67. The van der Waals surface area contributed by atoms with E-state index >= 15 is 0 Å². The van der Waals surface area contributed by atoms with Gasteiger partial charge in [0.1, 0.15) is 11.6 Å². The van der Waals surface area contributed by atoms with Crippen LogP contribution in [0, 0.1) is 18.2 Å². The molecule has 0 aromatic heterocycles. The Labute approximate surface area is 189 Å². The van der Waals surface area contributed by atoms with Crippen LogP contribution in [0.1, 0.15) is 37.8 Å². The molecule has 0 saturated heterocycles. The molecule has 0 bridgehead atoms. The molecule has 31 heavy (non-hydrogen) atoms. The molecule has 0 radical (unpaired) electrons. The first-order chi connectivity index (χ1) is 14.9. The smallest absolute Gasteiger partial charge is 0.146 e. The summed E-state index contributed by atoms with van der Waals surface area (Å²) in [5.41, 5.74) is 3.03. The van der Waals surface area contributed by atoms with E-state index in [4.69, 9.17) is 22.8 Å². The Morgan fingerprint density at radius 1 is 1.06 bits per heavy atom. The van der Waals surface area contributed by atoms with Crippen LogP contribution in [0.5, 0.6) is 5.75 Å². The van der Waals surface area contributed by atoms with Gasteiger partial charge in [0.15, 0.2) is 0 Å². The number of aryl methyl sites for hydroxylation is 1. The zero-order chi connectivity index (χ0) is 22.3. The Balaban J connectivity index is 1.64. The second kappa shape index (κ2) is 10.4. The summed E-state index contributed by atoms with van der Waals surface area (Å²) in [6.07, 6.45) is 8.43. The maximum atomic E-state index is 14.3. The van der Waals surface area contributed by atoms with Crippen LogP contribution in [0.2, 0.25) is 5.02 Å². The van der Waals surface area contributed by atoms with Crippen molar-refractivity contribution < 1.29 is 9.13 Å². The second-order valence-corrected chi connectivity index (χ2v) is 8.17. The fourth-order valence-electron chi connectivity index (χ4n) is 3.54. The van der Waals surface area contributed by atoms with Gasteiger partial charge in [-0.15, -0.1) is 6.42 Å². The molecule has 3 aromatic carbocycles. The Kier molecular flexibility index (Phi) is 7.60. The minimum atomic E-state index is -0.366. The van der Waals surface area contributed by atoms with Crippen LogP contribution in [0.3, 0.4) is 0 Å². The Hall–Kier alpha value is -2.96. The summed E-state index contributed by atoms with van der Waals surface area (Å²) in [6.45, 7) is 4.68. The van der Waals surface area contributed by atoms with Gasteiger partial charge in [0, 0.05) is 10.7 Å². The number of rotatable bonds is 9. The van der Waals surface area contributed by atoms with Crippen LogP contribution in [-0.4, -0.2) is 6.61 Å². The molecule has 0 amide bonds. The summed E-state index contributed by atoms with van der Waals surface area (Å²) in [7, 11) is 0. The maximum absolute atomic E-state index is 14.3. The second-order valence-electron chi connectivity index (χ2n) is 7.73. The van der Waals surface area contributed by atoms with Gasteiger partial charge in [-0.25, -0.2) is 4.39 Å². The van der Waals surface area contributed by atoms with Gasteiger partial charge < -0.3 is 10.1 Å². The quantitative estimate of drug-likeness (QED) is 0.350. The van der Waals surface area contributed by atoms with Crippen LogP contribution >= 0.6 is 11.6 Å². The molecule has 3 rings (SSSR count). The zero-order valence-corrected chi connectivity index (χ0v) is 18.7. The van der Waals surface area contributed by atoms with E-state index in [0.717, 1.165) is 41.8 Å². The number of anilines is 2. The molecule has 0 spiro atoms. The van der Waals surface area contributed by atoms with E-state index in [1.54, 1.807) is 12.1 Å². The van der Waals surface area contributed by atoms with Crippen molar-refractivity contribution in [2.75, 3.05) is 11.9 Å². The number of hydrogen-bond acceptors (Lipinski definition) is 2. The first-order valence-corrected chi connectivity index (χ1v) is 10.8. The minimum absolute atomic E-state index is 0.290. The van der Waals surface area contributed by atoms with Crippen molar-refractivity contribution >= 4 is 23.0 Å². The molecule has 1 atom stereocenters. The van der Waals surface area contributed by atoms with Crippen molar-refractivity contribution in [3.63, 3.8) is 0 Å². The number of nitrogens with one attached hydrogen (secondary N) is 1. The van der Waals surface area contributed by atoms with Gasteiger partial charge in [0.05, 0.1) is 17.7 Å². The molecule has 3 aromatic rings. The molecule has 0 fully saturated rings. The topological polar surface area (TPSA) is 21.3 Å². The Bertz CT molecular complexity index is 1040. The number of ether oxygens (including phenoxy) is 1. The first-order valence-electron chi connectivity index (χ1n) is 10.5. The molecular weight excluding hydrogens is 409 g/mol. The van der Waals surface area contributed by atoms with Gasteiger partial charge in [-0.3, -0.25) is 0 Å². The maximum Gasteiger partial charge on any atom is 0.146 e. The third-order valence-electron chi connectivity index (χ3n) is 5.42. The average Bonchev–Trinajstić information content (AvgIpc) is 2.78. The lowest BCUT2D eigenvalue weighted by atomic mass is 9.78. The van der Waals surface area contributed by atoms with E-state index in [9.17, 15) is 4.39 Å². The van der Waals surface area contributed by atoms with E-state index in [0.29, 0.717) is 17.3 Å². The van der Waals surface area contributed by atoms with E-state index in [1.807, 2.05) is 55.5 Å². The van der Waals surface area contributed by atoms with Crippen molar-refractivity contribution in [1.82, 2.24) is 0 Å². The molecule has 0 heterocycles. The van der Waals surface area contributed by atoms with Gasteiger partial charge in [0.25, 0.3) is 0 Å². The molecule has 0 aliphatic heterocycles. The van der Waals surface area contributed by atoms with Crippen LogP contribution in [-0.2, 0) is 11.8 Å². The highest BCUT2D eigenvalue weighted by atomic mass is 35.5. The van der Waals surface area contributed by atoms with Crippen LogP contribution in [0.25, 0.3) is 0 Å². The van der Waals surface area contributed by atoms with Gasteiger partial charge in [-0.1, -0.05) is 35.7 Å². The lowest BCUT2D eigenvalue weighted by Crippen LogP contribution is -2.19. The van der Waals surface area contributed by atoms with Gasteiger partial charge >= 0.3 is 0 Å². The van der Waals surface area contributed by atoms with Gasteiger partial charge in [-0.05, 0) is 92.8 Å². The van der Waals surface area contributed by atoms with Crippen molar-refractivity contribution in [3.8, 4) is 18.1 Å². The van der Waals surface area contributed by atoms with E-state index < -0.39 is 0 Å². The van der Waals surface area contributed by atoms with E-state index in [2.05, 4.69) is 18.2 Å². The highest BCUT2D eigenvalue weighted by Crippen LogP contribution is 2.31. The molecule has 0 aliphatic rings. The van der Waals surface area contributed by atoms with Crippen molar-refractivity contribution in [2.24, 2.45) is 0 Å². The summed E-state index contributed by atoms with van der Waals surface area (Å²) in [4.78, 5) is 0. The standard InChI is InChI=1S/C27H27ClFNO/c1-4-27(3,21-9-15-24(16-10-21)31-5-2)18-6-7-20-8-17-25(29)26(19-20)30-23-13-11-22(28)12-14-23/h1,8-17,19,30H,5-7,18H2,2-3H3. The lowest BCUT2D eigenvalue weighted by Gasteiger charge is -2.24. The van der Waals surface area contributed by atoms with Crippen LogP contribution in [0.15, 0.2) is 66.7 Å². The SMILES string of the molecule is C#CC(C)(CCCc1ccc(F)c(Nc2ccc(Cl)cc2)c1)c1ccc(OCC)cc1. The molecule has 2 nitrogen and oxygen atoms in total. The summed E-state index contributed by atoms with van der Waals surface area (Å²) >= 11 is 5.92. The zero-order valence-electron chi connectivity index (χ0n) is 17.9. The number of terminal acetylenes is 1. The molecule has 1 N–H and O–H groups in total. The highest BCUT2D eigenvalue weighted by molar-refractivity contribution is 6.30. The number of benzene rings is 3. The molecule has 160 valence electrons. The molecule has 0 aliphatic carbocycles. The molecule has 1 unspecified atom stereocenters. The van der Waals surface area contributed by atoms with E-state index in [1.165, 1.54) is 6.07 Å². The molecule has 4 heteroatoms. The van der Waals surface area contributed by atoms with Gasteiger partial charge in [-0.2, -0.15) is 0 Å². The summed E-state index contributed by atoms with van der Waals surface area (Å²) in [5, 5.41) is 3.76. The first kappa shape index (κ1) is 22.7. The summed E-state index contributed by atoms with van der Waals surface area (Å²) < 4.78 is 19.8. The van der Waals surface area contributed by atoms with Crippen LogP contribution < -0.4 is 10.1 Å². The monoisotopic (exact) mass is 435 g/mol. The number of hydrogen-bond donors (Lipinski definition) is 1. The van der Waals surface area contributed by atoms with E-state index in [-0.39, 0.29) is 11.2 Å². The van der Waals surface area contributed by atoms with Gasteiger partial charge in [0.2, 0.25) is 0 Å². The third-order valence-corrected chi connectivity index (χ3v) is 5.67. The predicted octanol–water partition coefficient (Wildman–Crippen LogP) is 7.54. The van der Waals surface area contributed by atoms with Crippen LogP contribution in [0.4, 0.5) is 15.8 Å². The third kappa shape index (κ3) is 6.03. The van der Waals surface area contributed by atoms with Crippen molar-refractivity contribution in [1.29, 1.82) is 0 Å². The molecular formula is C27H27ClFNO. The number of halogens is 2. The summed E-state index contributed by atoms with van der Waals surface area (Å²) in [6, 6.07) is 20.4. The molecule has 0 saturated carbocycles. The lowest BCUT2D eigenvalue weighted by molar-refractivity contribution is 0.340. The predicted molar refractivity (Wildman–Crippen MR) is 128 cm³/mol. The summed E-state index contributed by atoms with van der Waals surface area (Å²) in [5.74, 6) is 3.52. The Morgan fingerprint density at radius 2 is 1.77 bits per heavy atom.